The Bertz CT molecular complexity index is 2900. The predicted octanol–water partition coefficient (Wildman–Crippen LogP) is 15.3. The number of rotatable bonds is 3. The van der Waals surface area contributed by atoms with E-state index in [1.807, 2.05) is 11.3 Å². The number of fused-ring (bicyclic) bond motifs is 12. The lowest BCUT2D eigenvalue weighted by Gasteiger charge is -2.29. The normalized spacial score (nSPS) is 21.4. The third kappa shape index (κ3) is 4.63. The van der Waals surface area contributed by atoms with E-state index in [0.717, 1.165) is 19.3 Å². The fourth-order valence-electron chi connectivity index (χ4n) is 10.4. The van der Waals surface area contributed by atoms with Crippen molar-refractivity contribution in [1.29, 1.82) is 0 Å². The minimum atomic E-state index is 0.360. The monoisotopic (exact) mass is 726 g/mol. The molecule has 2 heterocycles. The molecule has 6 aromatic carbocycles. The van der Waals surface area contributed by atoms with Crippen LogP contribution >= 0.6 is 23.1 Å². The van der Waals surface area contributed by atoms with Gasteiger partial charge >= 0.3 is 0 Å². The molecule has 4 aliphatic carbocycles. The topological polar surface area (TPSA) is 0 Å². The van der Waals surface area contributed by atoms with Gasteiger partial charge in [-0.25, -0.2) is 0 Å². The molecule has 0 amide bonds. The fourth-order valence-corrected chi connectivity index (χ4v) is 13.1. The molecule has 1 aromatic heterocycles. The molecule has 0 fully saturated rings. The number of hydrogen-bond acceptors (Lipinski definition) is 2. The molecule has 0 nitrogen and oxygen atoms in total. The average molecular weight is 727 g/mol. The van der Waals surface area contributed by atoms with Gasteiger partial charge in [-0.1, -0.05) is 134 Å². The van der Waals surface area contributed by atoms with Crippen LogP contribution in [0.25, 0.3) is 64.5 Å². The molecule has 0 bridgehead atoms. The zero-order valence-corrected chi connectivity index (χ0v) is 31.7. The van der Waals surface area contributed by atoms with Crippen LogP contribution in [0.5, 0.6) is 0 Å². The smallest absolute Gasteiger partial charge is 0.0460 e. The van der Waals surface area contributed by atoms with Crippen LogP contribution in [-0.2, 0) is 0 Å². The van der Waals surface area contributed by atoms with Crippen LogP contribution in [0.4, 0.5) is 0 Å². The molecule has 0 N–H and O–H groups in total. The van der Waals surface area contributed by atoms with Crippen molar-refractivity contribution in [3.8, 4) is 0 Å². The highest BCUT2D eigenvalue weighted by Gasteiger charge is 2.38. The van der Waals surface area contributed by atoms with Gasteiger partial charge in [-0.05, 0) is 133 Å². The summed E-state index contributed by atoms with van der Waals surface area (Å²) in [4.78, 5) is 1.43. The first kappa shape index (κ1) is 31.2. The van der Waals surface area contributed by atoms with Crippen molar-refractivity contribution in [2.24, 2.45) is 5.92 Å². The molecule has 12 rings (SSSR count). The Balaban J connectivity index is 1.07. The van der Waals surface area contributed by atoms with Gasteiger partial charge in [-0.2, -0.15) is 0 Å². The Morgan fingerprint density at radius 3 is 2.19 bits per heavy atom. The first-order chi connectivity index (χ1) is 26.8. The van der Waals surface area contributed by atoms with Gasteiger partial charge in [0.2, 0.25) is 0 Å². The van der Waals surface area contributed by atoms with E-state index in [2.05, 4.69) is 163 Å². The number of hydrogen-bond donors (Lipinski definition) is 0. The molecule has 7 aromatic rings. The molecule has 0 radical (unpaired) electrons. The van der Waals surface area contributed by atoms with E-state index >= 15 is 0 Å². The van der Waals surface area contributed by atoms with Gasteiger partial charge in [0.25, 0.3) is 0 Å². The van der Waals surface area contributed by atoms with E-state index in [1.54, 1.807) is 0 Å². The predicted molar refractivity (Wildman–Crippen MR) is 235 cm³/mol. The largest absolute Gasteiger partial charge is 0.135 e. The number of thioether (sulfide) groups is 1. The van der Waals surface area contributed by atoms with Crippen molar-refractivity contribution < 1.29 is 0 Å². The zero-order valence-electron chi connectivity index (χ0n) is 30.0. The van der Waals surface area contributed by atoms with Crippen molar-refractivity contribution in [2.45, 2.75) is 48.2 Å². The second-order valence-electron chi connectivity index (χ2n) is 15.6. The van der Waals surface area contributed by atoms with E-state index in [4.69, 9.17) is 0 Å². The highest BCUT2D eigenvalue weighted by atomic mass is 32.2. The Hall–Kier alpha value is -5.15. The Labute approximate surface area is 324 Å². The Kier molecular flexibility index (Phi) is 7.04. The first-order valence-corrected chi connectivity index (χ1v) is 21.3. The summed E-state index contributed by atoms with van der Waals surface area (Å²) in [5.74, 6) is 1.00. The van der Waals surface area contributed by atoms with Crippen molar-refractivity contribution >= 4 is 87.6 Å². The first-order valence-electron chi connectivity index (χ1n) is 19.6. The molecule has 54 heavy (non-hydrogen) atoms. The van der Waals surface area contributed by atoms with Crippen LogP contribution in [-0.4, -0.2) is 0 Å². The van der Waals surface area contributed by atoms with Gasteiger partial charge in [0.15, 0.2) is 0 Å². The minimum absolute atomic E-state index is 0.360. The minimum Gasteiger partial charge on any atom is -0.135 e. The second-order valence-corrected chi connectivity index (χ2v) is 17.9. The van der Waals surface area contributed by atoms with Crippen molar-refractivity contribution in [3.63, 3.8) is 0 Å². The summed E-state index contributed by atoms with van der Waals surface area (Å²) in [6.07, 6.45) is 25.2. The molecule has 258 valence electrons. The van der Waals surface area contributed by atoms with Gasteiger partial charge in [0, 0.05) is 36.2 Å². The van der Waals surface area contributed by atoms with Crippen LogP contribution in [0.2, 0.25) is 0 Å². The summed E-state index contributed by atoms with van der Waals surface area (Å²) in [6, 6.07) is 39.2. The zero-order chi connectivity index (χ0) is 35.3. The highest BCUT2D eigenvalue weighted by molar-refractivity contribution is 8.00. The van der Waals surface area contributed by atoms with E-state index in [9.17, 15) is 0 Å². The van der Waals surface area contributed by atoms with E-state index in [1.165, 1.54) is 115 Å². The van der Waals surface area contributed by atoms with E-state index in [-0.39, 0.29) is 0 Å². The maximum atomic E-state index is 2.58. The molecular formula is C52H38S2. The van der Waals surface area contributed by atoms with E-state index < -0.39 is 0 Å². The average Bonchev–Trinajstić information content (AvgIpc) is 3.81. The molecule has 0 spiro atoms. The van der Waals surface area contributed by atoms with Gasteiger partial charge in [-0.3, -0.25) is 0 Å². The van der Waals surface area contributed by atoms with Crippen molar-refractivity contribution in [3.05, 3.63) is 185 Å². The fraction of sp³-hybridized carbons (Fsp3) is 0.154. The second kappa shape index (κ2) is 12.2. The maximum Gasteiger partial charge on any atom is 0.0460 e. The lowest BCUT2D eigenvalue weighted by atomic mass is 9.76. The highest BCUT2D eigenvalue weighted by Crippen LogP contribution is 2.60. The van der Waals surface area contributed by atoms with Crippen molar-refractivity contribution in [2.75, 3.05) is 0 Å². The van der Waals surface area contributed by atoms with Crippen LogP contribution in [0.15, 0.2) is 156 Å². The Morgan fingerprint density at radius 1 is 0.648 bits per heavy atom. The van der Waals surface area contributed by atoms with Gasteiger partial charge in [-0.15, -0.1) is 23.1 Å². The van der Waals surface area contributed by atoms with Gasteiger partial charge in [0.05, 0.1) is 0 Å². The van der Waals surface area contributed by atoms with Crippen LogP contribution in [0.3, 0.4) is 0 Å². The third-order valence-electron chi connectivity index (χ3n) is 12.8. The van der Waals surface area contributed by atoms with Crippen LogP contribution in [0.1, 0.15) is 76.7 Å². The summed E-state index contributed by atoms with van der Waals surface area (Å²) in [5.41, 5.74) is 14.5. The molecular weight excluding hydrogens is 689 g/mol. The molecule has 3 atom stereocenters. The molecule has 1 aliphatic heterocycles. The molecule has 3 unspecified atom stereocenters. The molecule has 5 aliphatic rings. The summed E-state index contributed by atoms with van der Waals surface area (Å²) in [6.45, 7) is 0. The lowest BCUT2D eigenvalue weighted by molar-refractivity contribution is 0.573. The third-order valence-corrected chi connectivity index (χ3v) is 15.3. The van der Waals surface area contributed by atoms with Crippen molar-refractivity contribution in [1.82, 2.24) is 0 Å². The lowest BCUT2D eigenvalue weighted by Crippen LogP contribution is -2.11. The summed E-state index contributed by atoms with van der Waals surface area (Å²) in [5, 5.41) is 8.70. The number of thiophene rings is 1. The maximum absolute atomic E-state index is 2.58. The number of allylic oxidation sites excluding steroid dienone is 11. The van der Waals surface area contributed by atoms with Gasteiger partial charge < -0.3 is 0 Å². The molecule has 0 saturated heterocycles. The quantitative estimate of drug-likeness (QED) is 0.163. The summed E-state index contributed by atoms with van der Waals surface area (Å²) >= 11 is 4.02. The van der Waals surface area contributed by atoms with Crippen LogP contribution in [0, 0.1) is 5.92 Å². The standard InChI is InChI=1S/C52H38S2/c1-2-13-32-28-35(25-24-31(32)12-1)49-39-19-5-3-17-37(39)48(38-18-4-6-20-40(38)49)34-15-11-14-33(29-34)44-30-47-50(42-21-8-10-23-46(42)53-47)43-27-26-41-36-16-7-9-22-45(36)54-52(41)51(43)44/h1,3-10,12,14,16-27,29-30,32,41,52H,2,11,13,15,28H2. The number of benzene rings is 6. The summed E-state index contributed by atoms with van der Waals surface area (Å²) in [7, 11) is 0. The Morgan fingerprint density at radius 2 is 1.37 bits per heavy atom. The summed E-state index contributed by atoms with van der Waals surface area (Å²) < 4.78 is 2.76. The SMILES string of the molecule is C1=CC2=CC=C(c3c4ccccc4c(C4=CC(c5cc6sc7ccccc7c6c6c5C5Sc7ccccc7C5C=C6)=CCC4)c4ccccc34)CC2CC1. The molecule has 0 saturated carbocycles. The van der Waals surface area contributed by atoms with Gasteiger partial charge in [0.1, 0.15) is 0 Å². The molecule has 2 heteroatoms. The van der Waals surface area contributed by atoms with E-state index in [0.29, 0.717) is 17.1 Å². The van der Waals surface area contributed by atoms with Crippen LogP contribution < -0.4 is 0 Å².